The average molecular weight is 455 g/mol. The summed E-state index contributed by atoms with van der Waals surface area (Å²) in [6.45, 7) is 2.65. The SMILES string of the molecule is C[C@@H]1C[C@H](N)[C@H](CO[C@H]2CC[C@@]3(c4ncc(F)cn4)C[C@H]3C2)N1C(=O)OCc1ccccc1. The quantitative estimate of drug-likeness (QED) is 0.718. The molecule has 1 aliphatic heterocycles. The Morgan fingerprint density at radius 3 is 2.73 bits per heavy atom. The summed E-state index contributed by atoms with van der Waals surface area (Å²) in [6.07, 6.45) is 6.80. The molecule has 8 heteroatoms. The van der Waals surface area contributed by atoms with Crippen molar-refractivity contribution in [2.24, 2.45) is 11.7 Å². The van der Waals surface area contributed by atoms with E-state index in [1.807, 2.05) is 37.3 Å². The highest BCUT2D eigenvalue weighted by atomic mass is 19.1. The van der Waals surface area contributed by atoms with Gasteiger partial charge >= 0.3 is 6.09 Å². The van der Waals surface area contributed by atoms with Crippen molar-refractivity contribution in [1.29, 1.82) is 0 Å². The number of amides is 1. The highest BCUT2D eigenvalue weighted by molar-refractivity contribution is 5.69. The summed E-state index contributed by atoms with van der Waals surface area (Å²) < 4.78 is 25.1. The third-order valence-corrected chi connectivity index (χ3v) is 7.62. The van der Waals surface area contributed by atoms with Crippen molar-refractivity contribution in [2.75, 3.05) is 6.61 Å². The van der Waals surface area contributed by atoms with Crippen LogP contribution in [-0.4, -0.2) is 51.8 Å². The van der Waals surface area contributed by atoms with Gasteiger partial charge in [-0.1, -0.05) is 30.3 Å². The second-order valence-electron chi connectivity index (χ2n) is 9.78. The molecule has 1 saturated heterocycles. The third kappa shape index (κ3) is 4.46. The van der Waals surface area contributed by atoms with Gasteiger partial charge in [-0.25, -0.2) is 19.2 Å². The van der Waals surface area contributed by atoms with Gasteiger partial charge in [0.05, 0.1) is 31.1 Å². The normalized spacial score (nSPS) is 32.9. The van der Waals surface area contributed by atoms with Gasteiger partial charge in [0.15, 0.2) is 5.82 Å². The topological polar surface area (TPSA) is 90.6 Å². The second-order valence-corrected chi connectivity index (χ2v) is 9.78. The minimum absolute atomic E-state index is 0.00920. The van der Waals surface area contributed by atoms with E-state index in [1.54, 1.807) is 4.90 Å². The average Bonchev–Trinajstić information content (AvgIpc) is 3.48. The maximum atomic E-state index is 13.2. The summed E-state index contributed by atoms with van der Waals surface area (Å²) in [5.41, 5.74) is 7.33. The lowest BCUT2D eigenvalue weighted by molar-refractivity contribution is -0.0120. The molecule has 2 aliphatic carbocycles. The number of ether oxygens (including phenoxy) is 2. The molecule has 2 aromatic rings. The molecule has 2 saturated carbocycles. The van der Waals surface area contributed by atoms with E-state index >= 15 is 0 Å². The standard InChI is InChI=1S/C25H31FN4O3/c1-16-9-21(27)22(30(16)24(31)33-14-17-5-3-2-4-6-17)15-32-20-7-8-25(11-18(25)10-20)23-28-12-19(26)13-29-23/h2-6,12-13,16,18,20-22H,7-11,14-15,27H2,1H3/t16-,18-,20+,21+,22+,25-/m1/s1. The van der Waals surface area contributed by atoms with Gasteiger partial charge in [-0.3, -0.25) is 4.90 Å². The summed E-state index contributed by atoms with van der Waals surface area (Å²) in [7, 11) is 0. The number of fused-ring (bicyclic) bond motifs is 1. The van der Waals surface area contributed by atoms with Crippen LogP contribution in [0.3, 0.4) is 0 Å². The Kier molecular flexibility index (Phi) is 6.05. The zero-order valence-electron chi connectivity index (χ0n) is 18.9. The van der Waals surface area contributed by atoms with Gasteiger partial charge in [-0.05, 0) is 50.5 Å². The Morgan fingerprint density at radius 1 is 1.24 bits per heavy atom. The number of nitrogens with zero attached hydrogens (tertiary/aromatic N) is 3. The van der Waals surface area contributed by atoms with E-state index < -0.39 is 5.82 Å². The summed E-state index contributed by atoms with van der Waals surface area (Å²) >= 11 is 0. The van der Waals surface area contributed by atoms with Gasteiger partial charge in [-0.15, -0.1) is 0 Å². The summed E-state index contributed by atoms with van der Waals surface area (Å²) in [5, 5.41) is 0. The van der Waals surface area contributed by atoms with Crippen molar-refractivity contribution in [1.82, 2.24) is 14.9 Å². The summed E-state index contributed by atoms with van der Waals surface area (Å²) in [5.74, 6) is 0.814. The first-order valence-corrected chi connectivity index (χ1v) is 11.8. The van der Waals surface area contributed by atoms with E-state index in [-0.39, 0.29) is 42.3 Å². The van der Waals surface area contributed by atoms with Crippen molar-refractivity contribution in [3.63, 3.8) is 0 Å². The first kappa shape index (κ1) is 22.2. The smallest absolute Gasteiger partial charge is 0.410 e. The van der Waals surface area contributed by atoms with E-state index in [0.717, 1.165) is 43.5 Å². The molecule has 0 unspecified atom stereocenters. The second kappa shape index (κ2) is 8.99. The molecule has 176 valence electrons. The fourth-order valence-electron chi connectivity index (χ4n) is 5.70. The van der Waals surface area contributed by atoms with Crippen LogP contribution in [0, 0.1) is 11.7 Å². The van der Waals surface area contributed by atoms with Gasteiger partial charge in [0.25, 0.3) is 0 Å². The first-order valence-electron chi connectivity index (χ1n) is 11.8. The number of nitrogens with two attached hydrogens (primary N) is 1. The fraction of sp³-hybridized carbons (Fsp3) is 0.560. The Balaban J connectivity index is 1.15. The number of aromatic nitrogens is 2. The number of rotatable bonds is 6. The van der Waals surface area contributed by atoms with Gasteiger partial charge in [0, 0.05) is 17.5 Å². The van der Waals surface area contributed by atoms with Crippen molar-refractivity contribution in [2.45, 2.75) is 75.3 Å². The lowest BCUT2D eigenvalue weighted by Crippen LogP contribution is -2.48. The predicted molar refractivity (Wildman–Crippen MR) is 120 cm³/mol. The highest BCUT2D eigenvalue weighted by Crippen LogP contribution is 2.61. The zero-order chi connectivity index (χ0) is 23.0. The minimum Gasteiger partial charge on any atom is -0.445 e. The number of halogens is 1. The van der Waals surface area contributed by atoms with Crippen LogP contribution >= 0.6 is 0 Å². The Labute approximate surface area is 193 Å². The van der Waals surface area contributed by atoms with Crippen LogP contribution in [0.4, 0.5) is 9.18 Å². The number of hydrogen-bond donors (Lipinski definition) is 1. The molecule has 5 rings (SSSR count). The molecule has 3 fully saturated rings. The van der Waals surface area contributed by atoms with Crippen LogP contribution in [0.5, 0.6) is 0 Å². The number of carbonyl (C=O) groups excluding carboxylic acids is 1. The molecule has 1 aromatic heterocycles. The van der Waals surface area contributed by atoms with E-state index in [0.29, 0.717) is 12.5 Å². The van der Waals surface area contributed by atoms with Gasteiger partial charge in [-0.2, -0.15) is 0 Å². The molecule has 0 bridgehead atoms. The van der Waals surface area contributed by atoms with E-state index in [9.17, 15) is 9.18 Å². The summed E-state index contributed by atoms with van der Waals surface area (Å²) in [6, 6.07) is 9.33. The van der Waals surface area contributed by atoms with E-state index in [2.05, 4.69) is 9.97 Å². The number of likely N-dealkylation sites (tertiary alicyclic amines) is 1. The van der Waals surface area contributed by atoms with Gasteiger partial charge < -0.3 is 15.2 Å². The van der Waals surface area contributed by atoms with E-state index in [4.69, 9.17) is 15.2 Å². The number of benzene rings is 1. The molecule has 1 amide bonds. The third-order valence-electron chi connectivity index (χ3n) is 7.62. The molecule has 7 nitrogen and oxygen atoms in total. The van der Waals surface area contributed by atoms with Crippen molar-refractivity contribution >= 4 is 6.09 Å². The van der Waals surface area contributed by atoms with Crippen LogP contribution in [0.1, 0.15) is 50.4 Å². The van der Waals surface area contributed by atoms with Gasteiger partial charge in [0.1, 0.15) is 12.4 Å². The van der Waals surface area contributed by atoms with Crippen LogP contribution in [0.2, 0.25) is 0 Å². The van der Waals surface area contributed by atoms with Crippen LogP contribution in [-0.2, 0) is 21.5 Å². The molecule has 6 atom stereocenters. The predicted octanol–water partition coefficient (Wildman–Crippen LogP) is 3.57. The molecule has 2 heterocycles. The monoisotopic (exact) mass is 454 g/mol. The number of carbonyl (C=O) groups is 1. The molecule has 0 radical (unpaired) electrons. The lowest BCUT2D eigenvalue weighted by atomic mass is 9.86. The molecule has 33 heavy (non-hydrogen) atoms. The Hall–Kier alpha value is -2.58. The first-order chi connectivity index (χ1) is 16.0. The molecular weight excluding hydrogens is 423 g/mol. The molecule has 3 aliphatic rings. The van der Waals surface area contributed by atoms with Crippen LogP contribution in [0.15, 0.2) is 42.7 Å². The van der Waals surface area contributed by atoms with Crippen molar-refractivity contribution in [3.05, 3.63) is 59.9 Å². The minimum atomic E-state index is -0.404. The molecule has 1 aromatic carbocycles. The zero-order valence-corrected chi connectivity index (χ0v) is 18.9. The largest absolute Gasteiger partial charge is 0.445 e. The van der Waals surface area contributed by atoms with Crippen molar-refractivity contribution in [3.8, 4) is 0 Å². The van der Waals surface area contributed by atoms with Crippen molar-refractivity contribution < 1.29 is 18.7 Å². The van der Waals surface area contributed by atoms with Crippen LogP contribution < -0.4 is 5.73 Å². The summed E-state index contributed by atoms with van der Waals surface area (Å²) in [4.78, 5) is 23.1. The van der Waals surface area contributed by atoms with Crippen LogP contribution in [0.25, 0.3) is 0 Å². The fourth-order valence-corrected chi connectivity index (χ4v) is 5.70. The maximum absolute atomic E-state index is 13.2. The molecule has 0 spiro atoms. The number of hydrogen-bond acceptors (Lipinski definition) is 6. The molecule has 2 N–H and O–H groups in total. The Bertz CT molecular complexity index is 975. The van der Waals surface area contributed by atoms with Gasteiger partial charge in [0.2, 0.25) is 0 Å². The lowest BCUT2D eigenvalue weighted by Gasteiger charge is -2.32. The Morgan fingerprint density at radius 2 is 2.00 bits per heavy atom. The molecular formula is C25H31FN4O3. The van der Waals surface area contributed by atoms with E-state index in [1.165, 1.54) is 12.4 Å². The maximum Gasteiger partial charge on any atom is 0.410 e. The highest BCUT2D eigenvalue weighted by Gasteiger charge is 2.60.